The number of aromatic hydroxyl groups is 1. The number of Topliss-reactive ketones (excluding diaryl/α,β-unsaturated/α-hetero) is 1. The molecule has 0 unspecified atom stereocenters. The molecule has 2 nitrogen and oxygen atoms in total. The van der Waals surface area contributed by atoms with Crippen LogP contribution in [0.15, 0.2) is 12.1 Å². The van der Waals surface area contributed by atoms with E-state index in [-0.39, 0.29) is 16.6 Å². The van der Waals surface area contributed by atoms with Gasteiger partial charge in [0.15, 0.2) is 5.78 Å². The van der Waals surface area contributed by atoms with Gasteiger partial charge in [0.25, 0.3) is 0 Å². The van der Waals surface area contributed by atoms with Crippen LogP contribution in [-0.4, -0.2) is 10.9 Å². The number of carbonyl (C=O) groups is 1. The van der Waals surface area contributed by atoms with Crippen LogP contribution in [0.3, 0.4) is 0 Å². The van der Waals surface area contributed by atoms with Crippen molar-refractivity contribution in [3.8, 4) is 5.75 Å². The van der Waals surface area contributed by atoms with E-state index in [1.54, 1.807) is 0 Å². The first-order valence-corrected chi connectivity index (χ1v) is 13.4. The molecule has 0 saturated carbocycles. The Balaban J connectivity index is 2.39. The van der Waals surface area contributed by atoms with Crippen molar-refractivity contribution in [2.45, 2.75) is 149 Å². The highest BCUT2D eigenvalue weighted by Crippen LogP contribution is 2.40. The smallest absolute Gasteiger partial charge is 0.162 e. The fraction of sp³-hybridized carbons (Fsp3) is 0.767. The van der Waals surface area contributed by atoms with Gasteiger partial charge in [0.2, 0.25) is 0 Å². The molecule has 32 heavy (non-hydrogen) atoms. The summed E-state index contributed by atoms with van der Waals surface area (Å²) in [5.41, 5.74) is 2.11. The number of phenolic OH excluding ortho intramolecular Hbond substituents is 1. The molecule has 1 N–H and O–H groups in total. The predicted octanol–water partition coefficient (Wildman–Crippen LogP) is 9.65. The molecule has 0 spiro atoms. The van der Waals surface area contributed by atoms with Gasteiger partial charge in [-0.3, -0.25) is 4.79 Å². The minimum absolute atomic E-state index is 0.199. The van der Waals surface area contributed by atoms with E-state index in [0.29, 0.717) is 12.2 Å². The maximum Gasteiger partial charge on any atom is 0.162 e. The number of hydrogen-bond acceptors (Lipinski definition) is 2. The fourth-order valence-corrected chi connectivity index (χ4v) is 4.39. The van der Waals surface area contributed by atoms with Crippen molar-refractivity contribution >= 4 is 5.78 Å². The summed E-state index contributed by atoms with van der Waals surface area (Å²) >= 11 is 0. The van der Waals surface area contributed by atoms with E-state index in [4.69, 9.17) is 0 Å². The number of rotatable bonds is 15. The SMILES string of the molecule is CCCCCCCCCCCCCCCC(=O)c1cc(C(C)(C)C)c(O)c(C(C)(C)C)c1. The normalized spacial score (nSPS) is 12.3. The average Bonchev–Trinajstić information content (AvgIpc) is 2.69. The molecule has 2 heteroatoms. The number of ketones is 1. The summed E-state index contributed by atoms with van der Waals surface area (Å²) < 4.78 is 0. The molecule has 1 rings (SSSR count). The lowest BCUT2D eigenvalue weighted by molar-refractivity contribution is 0.0979. The number of unbranched alkanes of at least 4 members (excludes halogenated alkanes) is 12. The Labute approximate surface area is 199 Å². The Kier molecular flexibility index (Phi) is 12.6. The van der Waals surface area contributed by atoms with Gasteiger partial charge in [0, 0.05) is 23.1 Å². The van der Waals surface area contributed by atoms with E-state index in [9.17, 15) is 9.90 Å². The zero-order chi connectivity index (χ0) is 24.2. The average molecular weight is 445 g/mol. The summed E-state index contributed by atoms with van der Waals surface area (Å²) in [6.07, 6.45) is 17.7. The zero-order valence-corrected chi connectivity index (χ0v) is 22.4. The predicted molar refractivity (Wildman–Crippen MR) is 140 cm³/mol. The molecular formula is C30H52O2. The third-order valence-corrected chi connectivity index (χ3v) is 6.56. The lowest BCUT2D eigenvalue weighted by Crippen LogP contribution is -2.18. The Bertz CT molecular complexity index is 638. The Morgan fingerprint density at radius 3 is 1.34 bits per heavy atom. The number of benzene rings is 1. The molecule has 0 aliphatic carbocycles. The maximum atomic E-state index is 12.9. The summed E-state index contributed by atoms with van der Waals surface area (Å²) in [4.78, 5) is 12.9. The second kappa shape index (κ2) is 14.1. The minimum atomic E-state index is -0.199. The third kappa shape index (κ3) is 10.5. The lowest BCUT2D eigenvalue weighted by atomic mass is 9.78. The molecule has 184 valence electrons. The topological polar surface area (TPSA) is 37.3 Å². The van der Waals surface area contributed by atoms with E-state index < -0.39 is 0 Å². The molecule has 0 aliphatic rings. The van der Waals surface area contributed by atoms with Crippen LogP contribution in [0.4, 0.5) is 0 Å². The Morgan fingerprint density at radius 2 is 1.00 bits per heavy atom. The van der Waals surface area contributed by atoms with E-state index in [1.807, 2.05) is 12.1 Å². The zero-order valence-electron chi connectivity index (χ0n) is 22.4. The van der Waals surface area contributed by atoms with Crippen molar-refractivity contribution in [3.05, 3.63) is 28.8 Å². The second-order valence-corrected chi connectivity index (χ2v) is 11.8. The Hall–Kier alpha value is -1.31. The molecule has 0 saturated heterocycles. The molecule has 0 aromatic heterocycles. The van der Waals surface area contributed by atoms with E-state index in [1.165, 1.54) is 70.6 Å². The van der Waals surface area contributed by atoms with Crippen molar-refractivity contribution in [1.82, 2.24) is 0 Å². The van der Waals surface area contributed by atoms with Gasteiger partial charge in [-0.15, -0.1) is 0 Å². The van der Waals surface area contributed by atoms with Crippen LogP contribution in [0.1, 0.15) is 160 Å². The van der Waals surface area contributed by atoms with Crippen molar-refractivity contribution in [3.63, 3.8) is 0 Å². The summed E-state index contributed by atoms with van der Waals surface area (Å²) in [5, 5.41) is 10.9. The van der Waals surface area contributed by atoms with E-state index in [0.717, 1.165) is 29.5 Å². The number of carbonyl (C=O) groups excluding carboxylic acids is 1. The molecule has 0 aliphatic heterocycles. The van der Waals surface area contributed by atoms with Gasteiger partial charge >= 0.3 is 0 Å². The van der Waals surface area contributed by atoms with Crippen LogP contribution in [-0.2, 0) is 10.8 Å². The highest BCUT2D eigenvalue weighted by molar-refractivity contribution is 5.96. The monoisotopic (exact) mass is 444 g/mol. The molecule has 0 radical (unpaired) electrons. The highest BCUT2D eigenvalue weighted by atomic mass is 16.3. The van der Waals surface area contributed by atoms with Crippen molar-refractivity contribution < 1.29 is 9.90 Å². The lowest BCUT2D eigenvalue weighted by Gasteiger charge is -2.28. The first kappa shape index (κ1) is 28.7. The summed E-state index contributed by atoms with van der Waals surface area (Å²) in [7, 11) is 0. The van der Waals surface area contributed by atoms with Gasteiger partial charge in [-0.2, -0.15) is 0 Å². The third-order valence-electron chi connectivity index (χ3n) is 6.56. The molecule has 0 bridgehead atoms. The standard InChI is InChI=1S/C30H52O2/c1-8-9-10-11-12-13-14-15-16-17-18-19-20-21-27(31)24-22-25(29(2,3)4)28(32)26(23-24)30(5,6)7/h22-23,32H,8-21H2,1-7H3. The minimum Gasteiger partial charge on any atom is -0.507 e. The van der Waals surface area contributed by atoms with Crippen molar-refractivity contribution in [2.24, 2.45) is 0 Å². The summed E-state index contributed by atoms with van der Waals surface area (Å²) in [6, 6.07) is 3.85. The Morgan fingerprint density at radius 1 is 0.656 bits per heavy atom. The summed E-state index contributed by atoms with van der Waals surface area (Å²) in [6.45, 7) is 14.8. The largest absolute Gasteiger partial charge is 0.507 e. The van der Waals surface area contributed by atoms with Crippen LogP contribution in [0, 0.1) is 0 Å². The first-order valence-electron chi connectivity index (χ1n) is 13.4. The quantitative estimate of drug-likeness (QED) is 0.216. The number of phenols is 1. The van der Waals surface area contributed by atoms with Crippen molar-refractivity contribution in [2.75, 3.05) is 0 Å². The van der Waals surface area contributed by atoms with Crippen LogP contribution in [0.2, 0.25) is 0 Å². The van der Waals surface area contributed by atoms with Gasteiger partial charge in [-0.05, 0) is 29.4 Å². The van der Waals surface area contributed by atoms with E-state index in [2.05, 4.69) is 48.5 Å². The van der Waals surface area contributed by atoms with Crippen LogP contribution < -0.4 is 0 Å². The summed E-state index contributed by atoms with van der Waals surface area (Å²) in [5.74, 6) is 0.562. The maximum absolute atomic E-state index is 12.9. The highest BCUT2D eigenvalue weighted by Gasteiger charge is 2.27. The molecule has 1 aromatic carbocycles. The van der Waals surface area contributed by atoms with Crippen LogP contribution in [0.5, 0.6) is 5.75 Å². The van der Waals surface area contributed by atoms with Gasteiger partial charge in [-0.1, -0.05) is 126 Å². The van der Waals surface area contributed by atoms with Gasteiger partial charge in [0.1, 0.15) is 5.75 Å². The van der Waals surface area contributed by atoms with Gasteiger partial charge < -0.3 is 5.11 Å². The molecule has 1 aromatic rings. The fourth-order valence-electron chi connectivity index (χ4n) is 4.39. The molecule has 0 amide bonds. The van der Waals surface area contributed by atoms with Crippen LogP contribution >= 0.6 is 0 Å². The molecule has 0 heterocycles. The van der Waals surface area contributed by atoms with Crippen molar-refractivity contribution in [1.29, 1.82) is 0 Å². The van der Waals surface area contributed by atoms with E-state index >= 15 is 0 Å². The molecular weight excluding hydrogens is 392 g/mol. The molecule has 0 atom stereocenters. The van der Waals surface area contributed by atoms with Gasteiger partial charge in [0.05, 0.1) is 0 Å². The molecule has 0 fully saturated rings. The first-order chi connectivity index (χ1) is 15.0. The second-order valence-electron chi connectivity index (χ2n) is 11.8. The van der Waals surface area contributed by atoms with Gasteiger partial charge in [-0.25, -0.2) is 0 Å². The van der Waals surface area contributed by atoms with Crippen LogP contribution in [0.25, 0.3) is 0 Å². The number of hydrogen-bond donors (Lipinski definition) is 1.